The number of esters is 1. The summed E-state index contributed by atoms with van der Waals surface area (Å²) in [5.74, 6) is -2.94. The number of hydrogen-bond acceptors (Lipinski definition) is 4. The molecule has 1 atom stereocenters. The van der Waals surface area contributed by atoms with Crippen molar-refractivity contribution in [3.8, 4) is 5.75 Å². The summed E-state index contributed by atoms with van der Waals surface area (Å²) in [5, 5.41) is 2.31. The standard InChI is InChI=1S/C17H15F2NO4/c1-10(16(21)20-14-6-4-3-5-12(14)18)24-17(22)11-7-8-15(23-2)13(19)9-11/h3-10H,1-2H3,(H,20,21). The number of rotatable bonds is 5. The second kappa shape index (κ2) is 7.54. The summed E-state index contributed by atoms with van der Waals surface area (Å²) in [6.07, 6.45) is -1.19. The van der Waals surface area contributed by atoms with Crippen molar-refractivity contribution in [3.05, 3.63) is 59.7 Å². The lowest BCUT2D eigenvalue weighted by atomic mass is 10.2. The summed E-state index contributed by atoms with van der Waals surface area (Å²) >= 11 is 0. The number of amides is 1. The smallest absolute Gasteiger partial charge is 0.339 e. The second-order valence-corrected chi connectivity index (χ2v) is 4.87. The van der Waals surface area contributed by atoms with Crippen LogP contribution in [0.1, 0.15) is 17.3 Å². The predicted molar refractivity (Wildman–Crippen MR) is 82.9 cm³/mol. The van der Waals surface area contributed by atoms with Crippen molar-refractivity contribution in [2.24, 2.45) is 0 Å². The van der Waals surface area contributed by atoms with Gasteiger partial charge >= 0.3 is 5.97 Å². The maximum atomic E-state index is 13.6. The highest BCUT2D eigenvalue weighted by Gasteiger charge is 2.20. The third-order valence-corrected chi connectivity index (χ3v) is 3.17. The Morgan fingerprint density at radius 3 is 2.42 bits per heavy atom. The molecule has 0 saturated heterocycles. The zero-order valence-electron chi connectivity index (χ0n) is 13.0. The third kappa shape index (κ3) is 4.07. The molecule has 0 aliphatic carbocycles. The van der Waals surface area contributed by atoms with E-state index in [0.717, 1.165) is 6.07 Å². The molecule has 1 N–H and O–H groups in total. The molecule has 0 bridgehead atoms. The first-order valence-corrected chi connectivity index (χ1v) is 7.02. The summed E-state index contributed by atoms with van der Waals surface area (Å²) in [5.41, 5.74) is -0.0975. The Morgan fingerprint density at radius 2 is 1.79 bits per heavy atom. The van der Waals surface area contributed by atoms with Gasteiger partial charge in [0.15, 0.2) is 17.7 Å². The molecule has 0 spiro atoms. The van der Waals surface area contributed by atoms with Gasteiger partial charge in [-0.3, -0.25) is 4.79 Å². The van der Waals surface area contributed by atoms with Crippen molar-refractivity contribution < 1.29 is 27.8 Å². The summed E-state index contributed by atoms with van der Waals surface area (Å²) in [7, 11) is 1.30. The van der Waals surface area contributed by atoms with Gasteiger partial charge in [0.25, 0.3) is 5.91 Å². The second-order valence-electron chi connectivity index (χ2n) is 4.87. The van der Waals surface area contributed by atoms with Gasteiger partial charge in [0.1, 0.15) is 5.82 Å². The number of carbonyl (C=O) groups excluding carboxylic acids is 2. The lowest BCUT2D eigenvalue weighted by Gasteiger charge is -2.14. The lowest BCUT2D eigenvalue weighted by molar-refractivity contribution is -0.123. The number of benzene rings is 2. The number of anilines is 1. The van der Waals surface area contributed by atoms with Crippen molar-refractivity contribution in [2.45, 2.75) is 13.0 Å². The molecule has 0 fully saturated rings. The van der Waals surface area contributed by atoms with Crippen LogP contribution < -0.4 is 10.1 Å². The van der Waals surface area contributed by atoms with Gasteiger partial charge in [0.05, 0.1) is 18.4 Å². The van der Waals surface area contributed by atoms with Gasteiger partial charge in [-0.15, -0.1) is 0 Å². The molecule has 0 saturated carbocycles. The molecule has 0 radical (unpaired) electrons. The molecule has 1 unspecified atom stereocenters. The number of methoxy groups -OCH3 is 1. The summed E-state index contributed by atoms with van der Waals surface area (Å²) in [4.78, 5) is 23.9. The molecule has 24 heavy (non-hydrogen) atoms. The van der Waals surface area contributed by atoms with E-state index in [2.05, 4.69) is 5.32 Å². The van der Waals surface area contributed by atoms with Gasteiger partial charge in [-0.25, -0.2) is 13.6 Å². The monoisotopic (exact) mass is 335 g/mol. The maximum absolute atomic E-state index is 13.6. The molecule has 2 aromatic carbocycles. The Morgan fingerprint density at radius 1 is 1.08 bits per heavy atom. The first kappa shape index (κ1) is 17.4. The normalized spacial score (nSPS) is 11.5. The molecular formula is C17H15F2NO4. The van der Waals surface area contributed by atoms with Crippen LogP contribution in [0.5, 0.6) is 5.75 Å². The number of hydrogen-bond donors (Lipinski definition) is 1. The largest absolute Gasteiger partial charge is 0.494 e. The molecule has 0 aliphatic rings. The third-order valence-electron chi connectivity index (χ3n) is 3.17. The zero-order valence-corrected chi connectivity index (χ0v) is 13.0. The Bertz CT molecular complexity index is 764. The number of nitrogens with one attached hydrogen (secondary N) is 1. The fourth-order valence-corrected chi connectivity index (χ4v) is 1.87. The van der Waals surface area contributed by atoms with E-state index in [-0.39, 0.29) is 17.0 Å². The van der Waals surface area contributed by atoms with E-state index in [0.29, 0.717) is 0 Å². The highest BCUT2D eigenvalue weighted by Crippen LogP contribution is 2.19. The molecule has 2 aromatic rings. The highest BCUT2D eigenvalue weighted by molar-refractivity contribution is 5.97. The van der Waals surface area contributed by atoms with E-state index in [1.54, 1.807) is 6.07 Å². The minimum Gasteiger partial charge on any atom is -0.494 e. The molecule has 2 rings (SSSR count). The average molecular weight is 335 g/mol. The Hall–Kier alpha value is -2.96. The van der Waals surface area contributed by atoms with E-state index in [1.807, 2.05) is 0 Å². The number of para-hydroxylation sites is 1. The molecule has 0 aromatic heterocycles. The van der Waals surface area contributed by atoms with E-state index >= 15 is 0 Å². The van der Waals surface area contributed by atoms with Crippen molar-refractivity contribution in [2.75, 3.05) is 12.4 Å². The average Bonchev–Trinajstić information content (AvgIpc) is 2.56. The number of ether oxygens (including phenoxy) is 2. The summed E-state index contributed by atoms with van der Waals surface area (Å²) in [6.45, 7) is 1.33. The SMILES string of the molecule is COc1ccc(C(=O)OC(C)C(=O)Nc2ccccc2F)cc1F. The van der Waals surface area contributed by atoms with Crippen LogP contribution in [0.2, 0.25) is 0 Å². The molecule has 126 valence electrons. The van der Waals surface area contributed by atoms with Gasteiger partial charge in [-0.1, -0.05) is 12.1 Å². The van der Waals surface area contributed by atoms with Gasteiger partial charge < -0.3 is 14.8 Å². The van der Waals surface area contributed by atoms with Crippen molar-refractivity contribution in [3.63, 3.8) is 0 Å². The van der Waals surface area contributed by atoms with Crippen LogP contribution in [0, 0.1) is 11.6 Å². The fraction of sp³-hybridized carbons (Fsp3) is 0.176. The molecule has 5 nitrogen and oxygen atoms in total. The van der Waals surface area contributed by atoms with Crippen LogP contribution >= 0.6 is 0 Å². The highest BCUT2D eigenvalue weighted by atomic mass is 19.1. The van der Waals surface area contributed by atoms with Crippen LogP contribution in [-0.4, -0.2) is 25.1 Å². The topological polar surface area (TPSA) is 64.6 Å². The fourth-order valence-electron chi connectivity index (χ4n) is 1.87. The van der Waals surface area contributed by atoms with E-state index in [4.69, 9.17) is 9.47 Å². The quantitative estimate of drug-likeness (QED) is 0.853. The Labute approximate surface area is 137 Å². The zero-order chi connectivity index (χ0) is 17.7. The summed E-state index contributed by atoms with van der Waals surface area (Å²) < 4.78 is 36.8. The Balaban J connectivity index is 2.02. The first-order valence-electron chi connectivity index (χ1n) is 7.02. The van der Waals surface area contributed by atoms with Crippen molar-refractivity contribution in [1.29, 1.82) is 0 Å². The van der Waals surface area contributed by atoms with Gasteiger partial charge in [-0.05, 0) is 37.3 Å². The molecule has 7 heteroatoms. The van der Waals surface area contributed by atoms with Crippen LogP contribution in [0.15, 0.2) is 42.5 Å². The van der Waals surface area contributed by atoms with Crippen LogP contribution in [0.3, 0.4) is 0 Å². The maximum Gasteiger partial charge on any atom is 0.339 e. The summed E-state index contributed by atoms with van der Waals surface area (Å²) in [6, 6.07) is 9.12. The van der Waals surface area contributed by atoms with Crippen LogP contribution in [-0.2, 0) is 9.53 Å². The molecule has 1 amide bonds. The molecular weight excluding hydrogens is 320 g/mol. The minimum absolute atomic E-state index is 0.0168. The van der Waals surface area contributed by atoms with Gasteiger partial charge in [0.2, 0.25) is 0 Å². The van der Waals surface area contributed by atoms with Gasteiger partial charge in [-0.2, -0.15) is 0 Å². The van der Waals surface area contributed by atoms with E-state index in [1.165, 1.54) is 44.4 Å². The van der Waals surface area contributed by atoms with Crippen LogP contribution in [0.4, 0.5) is 14.5 Å². The predicted octanol–water partition coefficient (Wildman–Crippen LogP) is 3.16. The van der Waals surface area contributed by atoms with Gasteiger partial charge in [0, 0.05) is 0 Å². The lowest BCUT2D eigenvalue weighted by Crippen LogP contribution is -2.30. The van der Waals surface area contributed by atoms with Crippen molar-refractivity contribution in [1.82, 2.24) is 0 Å². The van der Waals surface area contributed by atoms with E-state index < -0.39 is 29.6 Å². The number of halogens is 2. The van der Waals surface area contributed by atoms with Crippen molar-refractivity contribution >= 4 is 17.6 Å². The number of carbonyl (C=O) groups is 2. The van der Waals surface area contributed by atoms with E-state index in [9.17, 15) is 18.4 Å². The molecule has 0 heterocycles. The van der Waals surface area contributed by atoms with Crippen LogP contribution in [0.25, 0.3) is 0 Å². The Kier molecular flexibility index (Phi) is 5.47. The molecule has 0 aliphatic heterocycles. The minimum atomic E-state index is -1.19. The first-order chi connectivity index (χ1) is 11.4.